The van der Waals surface area contributed by atoms with Crippen molar-refractivity contribution in [1.82, 2.24) is 25.1 Å². The van der Waals surface area contributed by atoms with Gasteiger partial charge in [-0.15, -0.1) is 11.3 Å². The Morgan fingerprint density at radius 2 is 1.77 bits per heavy atom. The van der Waals surface area contributed by atoms with Gasteiger partial charge in [0.15, 0.2) is 0 Å². The van der Waals surface area contributed by atoms with E-state index in [1.807, 2.05) is 32.1 Å². The van der Waals surface area contributed by atoms with E-state index in [9.17, 15) is 4.79 Å². The molecule has 1 amide bonds. The average Bonchev–Trinajstić information content (AvgIpc) is 2.81. The monoisotopic (exact) mass is 444 g/mol. The Morgan fingerprint density at radius 1 is 1.03 bits per heavy atom. The summed E-state index contributed by atoms with van der Waals surface area (Å²) < 4.78 is 0. The predicted molar refractivity (Wildman–Crippen MR) is 127 cm³/mol. The van der Waals surface area contributed by atoms with Crippen molar-refractivity contribution >= 4 is 33.3 Å². The lowest BCUT2D eigenvalue weighted by atomic mass is 10.1. The lowest BCUT2D eigenvalue weighted by Crippen LogP contribution is -2.46. The van der Waals surface area contributed by atoms with Crippen LogP contribution < -0.4 is 11.1 Å². The fourth-order valence-electron chi connectivity index (χ4n) is 4.68. The lowest BCUT2D eigenvalue weighted by molar-refractivity contribution is -0.123. The van der Waals surface area contributed by atoms with E-state index in [1.54, 1.807) is 0 Å². The number of carbonyl (C=O) groups is 1. The summed E-state index contributed by atoms with van der Waals surface area (Å²) in [6.45, 7) is 10.9. The molecule has 31 heavy (non-hydrogen) atoms. The molecule has 2 aliphatic rings. The predicted octanol–water partition coefficient (Wildman–Crippen LogP) is 2.96. The highest BCUT2D eigenvalue weighted by atomic mass is 32.1. The summed E-state index contributed by atoms with van der Waals surface area (Å²) in [6.07, 6.45) is 7.08. The van der Waals surface area contributed by atoms with E-state index in [0.717, 1.165) is 61.5 Å². The van der Waals surface area contributed by atoms with Crippen LogP contribution in [0.5, 0.6) is 0 Å². The molecule has 1 aliphatic carbocycles. The van der Waals surface area contributed by atoms with Gasteiger partial charge >= 0.3 is 0 Å². The minimum atomic E-state index is -0.189. The van der Waals surface area contributed by atoms with Crippen LogP contribution in [0.15, 0.2) is 0 Å². The van der Waals surface area contributed by atoms with Crippen LogP contribution in [-0.2, 0) is 24.2 Å². The summed E-state index contributed by atoms with van der Waals surface area (Å²) in [5.41, 5.74) is 7.64. The van der Waals surface area contributed by atoms with E-state index >= 15 is 0 Å². The Balaban J connectivity index is 1.40. The Labute approximate surface area is 189 Å². The van der Waals surface area contributed by atoms with Crippen LogP contribution in [0.2, 0.25) is 0 Å². The maximum Gasteiger partial charge on any atom is 0.234 e. The maximum atomic E-state index is 12.3. The van der Waals surface area contributed by atoms with Gasteiger partial charge in [0.2, 0.25) is 5.91 Å². The number of rotatable bonds is 4. The Bertz CT molecular complexity index is 934. The molecule has 8 heteroatoms. The van der Waals surface area contributed by atoms with E-state index in [-0.39, 0.29) is 11.4 Å². The summed E-state index contributed by atoms with van der Waals surface area (Å²) in [5, 5.41) is 4.17. The van der Waals surface area contributed by atoms with Crippen molar-refractivity contribution in [3.8, 4) is 0 Å². The smallest absolute Gasteiger partial charge is 0.234 e. The van der Waals surface area contributed by atoms with Gasteiger partial charge in [0, 0.05) is 23.5 Å². The van der Waals surface area contributed by atoms with E-state index in [4.69, 9.17) is 15.7 Å². The van der Waals surface area contributed by atoms with E-state index in [0.29, 0.717) is 18.9 Å². The second-order valence-electron chi connectivity index (χ2n) is 9.97. The van der Waals surface area contributed by atoms with Crippen LogP contribution in [0.1, 0.15) is 62.7 Å². The van der Waals surface area contributed by atoms with Gasteiger partial charge in [-0.05, 0) is 71.5 Å². The minimum absolute atomic E-state index is 0.0972. The third kappa shape index (κ3) is 5.73. The second-order valence-corrected chi connectivity index (χ2v) is 11.1. The van der Waals surface area contributed by atoms with Crippen molar-refractivity contribution in [3.05, 3.63) is 16.3 Å². The molecule has 2 aromatic rings. The molecular weight excluding hydrogens is 408 g/mol. The largest absolute Gasteiger partial charge is 0.383 e. The van der Waals surface area contributed by atoms with Crippen molar-refractivity contribution in [2.75, 3.05) is 38.5 Å². The molecule has 1 aliphatic heterocycles. The molecule has 0 aromatic carbocycles. The topological polar surface area (TPSA) is 87.4 Å². The number of aromatic nitrogens is 2. The number of thiophene rings is 1. The second kappa shape index (κ2) is 9.38. The van der Waals surface area contributed by atoms with Gasteiger partial charge in [-0.1, -0.05) is 6.42 Å². The highest BCUT2D eigenvalue weighted by molar-refractivity contribution is 7.19. The van der Waals surface area contributed by atoms with Crippen LogP contribution >= 0.6 is 11.3 Å². The van der Waals surface area contributed by atoms with Crippen LogP contribution in [0, 0.1) is 0 Å². The fraction of sp³-hybridized carbons (Fsp3) is 0.696. The maximum absolute atomic E-state index is 12.3. The first-order chi connectivity index (χ1) is 14.8. The zero-order chi connectivity index (χ0) is 22.0. The standard InChI is InChI=1S/C23H36N6OS/c1-23(2,3)27-19(30)15-29-11-7-10-28(12-13-29)14-18-25-21(24)20-16-8-5-4-6-9-17(16)31-22(20)26-18/h4-15H2,1-3H3,(H,27,30)(H2,24,25,26). The SMILES string of the molecule is CC(C)(C)NC(=O)CN1CCCN(Cc2nc(N)c3c4c(sc3n2)CCCCC4)CC1. The number of aryl methyl sites for hydroxylation is 2. The van der Waals surface area contributed by atoms with Gasteiger partial charge in [0.1, 0.15) is 16.5 Å². The number of nitrogens with two attached hydrogens (primary N) is 1. The molecule has 4 rings (SSSR count). The average molecular weight is 445 g/mol. The molecule has 0 radical (unpaired) electrons. The molecule has 0 bridgehead atoms. The number of hydrogen-bond acceptors (Lipinski definition) is 7. The number of nitrogens with one attached hydrogen (secondary N) is 1. The first kappa shape index (κ1) is 22.4. The molecule has 0 unspecified atom stereocenters. The number of nitrogen functional groups attached to an aromatic ring is 1. The summed E-state index contributed by atoms with van der Waals surface area (Å²) in [5.74, 6) is 1.56. The molecule has 0 spiro atoms. The van der Waals surface area contributed by atoms with Gasteiger partial charge in [0.25, 0.3) is 0 Å². The van der Waals surface area contributed by atoms with Gasteiger partial charge in [-0.25, -0.2) is 9.97 Å². The summed E-state index contributed by atoms with van der Waals surface area (Å²) in [6, 6.07) is 0. The van der Waals surface area contributed by atoms with E-state index < -0.39 is 0 Å². The Kier molecular flexibility index (Phi) is 6.79. The summed E-state index contributed by atoms with van der Waals surface area (Å²) in [7, 11) is 0. The van der Waals surface area contributed by atoms with Gasteiger partial charge in [-0.2, -0.15) is 0 Å². The number of fused-ring (bicyclic) bond motifs is 3. The number of nitrogens with zero attached hydrogens (tertiary/aromatic N) is 4. The quantitative estimate of drug-likeness (QED) is 0.705. The van der Waals surface area contributed by atoms with Crippen molar-refractivity contribution < 1.29 is 4.79 Å². The molecule has 3 heterocycles. The fourth-order valence-corrected chi connectivity index (χ4v) is 5.97. The molecule has 3 N–H and O–H groups in total. The van der Waals surface area contributed by atoms with Gasteiger partial charge in [0.05, 0.1) is 18.5 Å². The van der Waals surface area contributed by atoms with Crippen LogP contribution in [0.4, 0.5) is 5.82 Å². The molecule has 1 saturated heterocycles. The van der Waals surface area contributed by atoms with Crippen molar-refractivity contribution in [3.63, 3.8) is 0 Å². The zero-order valence-corrected chi connectivity index (χ0v) is 20.0. The number of hydrogen-bond donors (Lipinski definition) is 2. The highest BCUT2D eigenvalue weighted by Crippen LogP contribution is 2.37. The Hall–Kier alpha value is -1.77. The van der Waals surface area contributed by atoms with Crippen LogP contribution in [0.25, 0.3) is 10.2 Å². The summed E-state index contributed by atoms with van der Waals surface area (Å²) >= 11 is 1.82. The third-order valence-corrected chi connectivity index (χ3v) is 7.25. The first-order valence-electron chi connectivity index (χ1n) is 11.6. The van der Waals surface area contributed by atoms with Gasteiger partial charge in [-0.3, -0.25) is 14.6 Å². The van der Waals surface area contributed by atoms with Crippen LogP contribution in [0.3, 0.4) is 0 Å². The molecule has 1 fully saturated rings. The number of amides is 1. The van der Waals surface area contributed by atoms with E-state index in [1.165, 1.54) is 29.7 Å². The van der Waals surface area contributed by atoms with Gasteiger partial charge < -0.3 is 11.1 Å². The Morgan fingerprint density at radius 3 is 2.58 bits per heavy atom. The molecule has 0 atom stereocenters. The molecule has 2 aromatic heterocycles. The van der Waals surface area contributed by atoms with Crippen molar-refractivity contribution in [2.45, 2.75) is 71.4 Å². The first-order valence-corrected chi connectivity index (χ1v) is 12.4. The number of carbonyl (C=O) groups excluding carboxylic acids is 1. The molecule has 170 valence electrons. The molecule has 0 saturated carbocycles. The minimum Gasteiger partial charge on any atom is -0.383 e. The third-order valence-electron chi connectivity index (χ3n) is 6.07. The molecular formula is C23H36N6OS. The highest BCUT2D eigenvalue weighted by Gasteiger charge is 2.22. The zero-order valence-electron chi connectivity index (χ0n) is 19.2. The number of anilines is 1. The van der Waals surface area contributed by atoms with Crippen molar-refractivity contribution in [1.29, 1.82) is 0 Å². The van der Waals surface area contributed by atoms with Crippen molar-refractivity contribution in [2.24, 2.45) is 0 Å². The molecule has 7 nitrogen and oxygen atoms in total. The van der Waals surface area contributed by atoms with E-state index in [2.05, 4.69) is 15.1 Å². The summed E-state index contributed by atoms with van der Waals surface area (Å²) in [4.78, 5) is 29.0. The van der Waals surface area contributed by atoms with Crippen LogP contribution in [-0.4, -0.2) is 63.9 Å². The normalized spacial score (nSPS) is 19.1. The lowest BCUT2D eigenvalue weighted by Gasteiger charge is -2.25.